The molecule has 2 N–H and O–H groups in total. The van der Waals surface area contributed by atoms with Crippen LogP contribution >= 0.6 is 0 Å². The van der Waals surface area contributed by atoms with E-state index < -0.39 is 0 Å². The van der Waals surface area contributed by atoms with Gasteiger partial charge >= 0.3 is 5.97 Å². The lowest BCUT2D eigenvalue weighted by Crippen LogP contribution is -2.08. The van der Waals surface area contributed by atoms with Crippen LogP contribution in [0.3, 0.4) is 0 Å². The third kappa shape index (κ3) is 1.10. The van der Waals surface area contributed by atoms with Crippen LogP contribution in [-0.2, 0) is 9.53 Å². The summed E-state index contributed by atoms with van der Waals surface area (Å²) in [5.41, 5.74) is 6.23. The molecule has 0 spiro atoms. The molecule has 0 heterocycles. The number of esters is 1. The van der Waals surface area contributed by atoms with E-state index in [0.29, 0.717) is 6.54 Å². The Balaban J connectivity index is 2.29. The predicted octanol–water partition coefficient (Wildman–Crippen LogP) is -0.326. The molecule has 1 aliphatic carbocycles. The third-order valence-electron chi connectivity index (χ3n) is 1.36. The van der Waals surface area contributed by atoms with Gasteiger partial charge in [0.15, 0.2) is 0 Å². The fourth-order valence-corrected chi connectivity index (χ4v) is 0.707. The van der Waals surface area contributed by atoms with Crippen LogP contribution in [0.4, 0.5) is 0 Å². The van der Waals surface area contributed by atoms with Crippen LogP contribution in [-0.4, -0.2) is 19.6 Å². The van der Waals surface area contributed by atoms with E-state index in [1.54, 1.807) is 0 Å². The fourth-order valence-electron chi connectivity index (χ4n) is 0.707. The molecular formula is C6H9NO2. The van der Waals surface area contributed by atoms with Crippen molar-refractivity contribution in [3.63, 3.8) is 0 Å². The van der Waals surface area contributed by atoms with E-state index in [4.69, 9.17) is 5.73 Å². The molecule has 0 saturated carbocycles. The molecule has 1 atom stereocenters. The smallest absolute Gasteiger partial charge is 0.316 e. The van der Waals surface area contributed by atoms with Crippen LogP contribution in [0.2, 0.25) is 0 Å². The largest absolute Gasteiger partial charge is 0.468 e. The first-order chi connectivity index (χ1) is 4.29. The highest BCUT2D eigenvalue weighted by atomic mass is 16.5. The maximum Gasteiger partial charge on any atom is 0.316 e. The topological polar surface area (TPSA) is 52.3 Å². The van der Waals surface area contributed by atoms with Crippen LogP contribution in [0, 0.1) is 5.92 Å². The Morgan fingerprint density at radius 1 is 2.00 bits per heavy atom. The Morgan fingerprint density at radius 3 is 3.00 bits per heavy atom. The Labute approximate surface area is 53.5 Å². The van der Waals surface area contributed by atoms with Crippen molar-refractivity contribution in [1.82, 2.24) is 0 Å². The summed E-state index contributed by atoms with van der Waals surface area (Å²) in [6, 6.07) is 0. The monoisotopic (exact) mass is 127 g/mol. The molecule has 1 rings (SSSR count). The van der Waals surface area contributed by atoms with E-state index >= 15 is 0 Å². The predicted molar refractivity (Wildman–Crippen MR) is 32.6 cm³/mol. The molecule has 0 fully saturated rings. The van der Waals surface area contributed by atoms with Crippen LogP contribution in [0.15, 0.2) is 11.6 Å². The van der Waals surface area contributed by atoms with Gasteiger partial charge in [0.2, 0.25) is 0 Å². The molecule has 9 heavy (non-hydrogen) atoms. The van der Waals surface area contributed by atoms with Crippen LogP contribution in [0.1, 0.15) is 0 Å². The molecule has 0 amide bonds. The summed E-state index contributed by atoms with van der Waals surface area (Å²) in [5.74, 6) is -0.296. The Bertz CT molecular complexity index is 162. The molecule has 0 aromatic rings. The minimum Gasteiger partial charge on any atom is -0.468 e. The lowest BCUT2D eigenvalue weighted by molar-refractivity contribution is -0.141. The first kappa shape index (κ1) is 6.29. The maximum atomic E-state index is 10.6. The van der Waals surface area contributed by atoms with Gasteiger partial charge in [-0.2, -0.15) is 0 Å². The van der Waals surface area contributed by atoms with Crippen LogP contribution in [0.25, 0.3) is 0 Å². The minimum absolute atomic E-state index is 0.0972. The van der Waals surface area contributed by atoms with E-state index in [9.17, 15) is 4.79 Å². The maximum absolute atomic E-state index is 10.6. The summed E-state index contributed by atoms with van der Waals surface area (Å²) in [5, 5.41) is 0. The van der Waals surface area contributed by atoms with Crippen molar-refractivity contribution in [3.8, 4) is 0 Å². The number of rotatable bonds is 2. The summed E-state index contributed by atoms with van der Waals surface area (Å²) < 4.78 is 4.46. The second kappa shape index (κ2) is 2.19. The molecule has 3 heteroatoms. The summed E-state index contributed by atoms with van der Waals surface area (Å²) in [4.78, 5) is 10.6. The molecular weight excluding hydrogens is 118 g/mol. The number of ether oxygens (including phenoxy) is 1. The van der Waals surface area contributed by atoms with Crippen molar-refractivity contribution in [2.75, 3.05) is 13.7 Å². The SMILES string of the molecule is COC(=O)C1C=C1CN. The second-order valence-electron chi connectivity index (χ2n) is 1.95. The third-order valence-corrected chi connectivity index (χ3v) is 1.36. The van der Waals surface area contributed by atoms with E-state index in [0.717, 1.165) is 5.57 Å². The van der Waals surface area contributed by atoms with Crippen molar-refractivity contribution < 1.29 is 9.53 Å². The summed E-state index contributed by atoms with van der Waals surface area (Å²) in [6.07, 6.45) is 1.81. The average molecular weight is 127 g/mol. The fraction of sp³-hybridized carbons (Fsp3) is 0.500. The van der Waals surface area contributed by atoms with Gasteiger partial charge in [-0.1, -0.05) is 6.08 Å². The van der Waals surface area contributed by atoms with Crippen LogP contribution in [0.5, 0.6) is 0 Å². The zero-order valence-corrected chi connectivity index (χ0v) is 5.26. The molecule has 1 aliphatic rings. The van der Waals surface area contributed by atoms with Gasteiger partial charge in [0.05, 0.1) is 13.0 Å². The molecule has 1 unspecified atom stereocenters. The number of carbonyl (C=O) groups is 1. The number of hydrogen-bond donors (Lipinski definition) is 1. The zero-order valence-electron chi connectivity index (χ0n) is 5.26. The number of nitrogens with two attached hydrogens (primary N) is 1. The lowest BCUT2D eigenvalue weighted by atomic mass is 10.3. The van der Waals surface area contributed by atoms with E-state index in [2.05, 4.69) is 4.74 Å². The first-order valence-electron chi connectivity index (χ1n) is 2.78. The zero-order chi connectivity index (χ0) is 6.85. The molecule has 0 aliphatic heterocycles. The van der Waals surface area contributed by atoms with Gasteiger partial charge < -0.3 is 10.5 Å². The molecule has 0 aromatic carbocycles. The Kier molecular flexibility index (Phi) is 1.53. The average Bonchev–Trinajstić information content (AvgIpc) is 2.64. The molecule has 3 nitrogen and oxygen atoms in total. The van der Waals surface area contributed by atoms with Gasteiger partial charge in [0, 0.05) is 6.54 Å². The Hall–Kier alpha value is -0.830. The van der Waals surface area contributed by atoms with Crippen molar-refractivity contribution in [3.05, 3.63) is 11.6 Å². The molecule has 50 valence electrons. The van der Waals surface area contributed by atoms with Gasteiger partial charge in [0.1, 0.15) is 0 Å². The normalized spacial score (nSPS) is 22.9. The number of carbonyl (C=O) groups excluding carboxylic acids is 1. The number of methoxy groups -OCH3 is 1. The van der Waals surface area contributed by atoms with E-state index in [-0.39, 0.29) is 11.9 Å². The van der Waals surface area contributed by atoms with Gasteiger partial charge in [-0.25, -0.2) is 0 Å². The lowest BCUT2D eigenvalue weighted by Gasteiger charge is -1.94. The van der Waals surface area contributed by atoms with Crippen LogP contribution < -0.4 is 5.73 Å². The van der Waals surface area contributed by atoms with Gasteiger partial charge in [-0.3, -0.25) is 4.79 Å². The molecule has 0 saturated heterocycles. The summed E-state index contributed by atoms with van der Waals surface area (Å²) in [7, 11) is 1.38. The van der Waals surface area contributed by atoms with E-state index in [1.165, 1.54) is 7.11 Å². The van der Waals surface area contributed by atoms with Crippen molar-refractivity contribution >= 4 is 5.97 Å². The highest BCUT2D eigenvalue weighted by Gasteiger charge is 2.31. The molecule has 0 aromatic heterocycles. The number of hydrogen-bond acceptors (Lipinski definition) is 3. The highest BCUT2D eigenvalue weighted by molar-refractivity contribution is 5.83. The summed E-state index contributed by atoms with van der Waals surface area (Å²) in [6.45, 7) is 0.472. The van der Waals surface area contributed by atoms with Gasteiger partial charge in [-0.05, 0) is 5.57 Å². The quantitative estimate of drug-likeness (QED) is 0.408. The van der Waals surface area contributed by atoms with E-state index in [1.807, 2.05) is 6.08 Å². The molecule has 0 bridgehead atoms. The Morgan fingerprint density at radius 2 is 2.67 bits per heavy atom. The standard InChI is InChI=1S/C6H9NO2/c1-9-6(8)5-2-4(5)3-7/h2,5H,3,7H2,1H3. The highest BCUT2D eigenvalue weighted by Crippen LogP contribution is 2.27. The minimum atomic E-state index is -0.199. The summed E-state index contributed by atoms with van der Waals surface area (Å²) >= 11 is 0. The van der Waals surface area contributed by atoms with Crippen molar-refractivity contribution in [2.45, 2.75) is 0 Å². The van der Waals surface area contributed by atoms with Gasteiger partial charge in [0.25, 0.3) is 0 Å². The van der Waals surface area contributed by atoms with Crippen molar-refractivity contribution in [1.29, 1.82) is 0 Å². The molecule has 0 radical (unpaired) electrons. The first-order valence-corrected chi connectivity index (χ1v) is 2.78. The van der Waals surface area contributed by atoms with Crippen molar-refractivity contribution in [2.24, 2.45) is 11.7 Å². The van der Waals surface area contributed by atoms with Gasteiger partial charge in [-0.15, -0.1) is 0 Å². The second-order valence-corrected chi connectivity index (χ2v) is 1.95.